The van der Waals surface area contributed by atoms with Gasteiger partial charge >= 0.3 is 0 Å². The number of fused-ring (bicyclic) bond motifs is 4. The van der Waals surface area contributed by atoms with Gasteiger partial charge in [-0.05, 0) is 73.4 Å². The van der Waals surface area contributed by atoms with Crippen molar-refractivity contribution in [3.63, 3.8) is 0 Å². The van der Waals surface area contributed by atoms with Crippen LogP contribution in [0.15, 0.2) is 54.1 Å². The van der Waals surface area contributed by atoms with Crippen molar-refractivity contribution < 1.29 is 0 Å². The van der Waals surface area contributed by atoms with Gasteiger partial charge < -0.3 is 0 Å². The number of rotatable bonds is 0. The van der Waals surface area contributed by atoms with E-state index in [-0.39, 0.29) is 12.4 Å². The first-order chi connectivity index (χ1) is 11.8. The monoisotopic (exact) mass is 351 g/mol. The fourth-order valence-corrected chi connectivity index (χ4v) is 5.20. The highest BCUT2D eigenvalue weighted by molar-refractivity contribution is 5.86. The molecule has 5 rings (SSSR count). The molecule has 1 nitrogen and oxygen atoms in total. The summed E-state index contributed by atoms with van der Waals surface area (Å²) < 4.78 is 0. The number of nitrogens with zero attached hydrogens (tertiary/aromatic N) is 1. The molecular weight excluding hydrogens is 326 g/mol. The summed E-state index contributed by atoms with van der Waals surface area (Å²) in [4.78, 5) is 2.64. The molecule has 1 aliphatic carbocycles. The molecule has 2 fully saturated rings. The largest absolute Gasteiger partial charge is 0.300 e. The van der Waals surface area contributed by atoms with E-state index in [0.717, 1.165) is 24.9 Å². The molecule has 0 amide bonds. The van der Waals surface area contributed by atoms with Crippen LogP contribution in [0, 0.1) is 0 Å². The van der Waals surface area contributed by atoms with Crippen molar-refractivity contribution in [3.05, 3.63) is 76.4 Å². The SMILES string of the molecule is CN1C2CCC1CC(=C1c3ccccc3CCc3ccccc31)C2.Cl. The molecule has 25 heavy (non-hydrogen) atoms. The standard InChI is InChI=1S/C23H25N.ClH/c1-24-19-12-13-20(24)15-18(14-19)23-21-8-4-2-6-16(21)10-11-17-7-3-5-9-22(17)23;/h2-9,19-20H,10-15H2,1H3;1H. The minimum Gasteiger partial charge on any atom is -0.300 e. The molecule has 3 aliphatic rings. The van der Waals surface area contributed by atoms with Gasteiger partial charge in [-0.15, -0.1) is 12.4 Å². The molecule has 2 unspecified atom stereocenters. The summed E-state index contributed by atoms with van der Waals surface area (Å²) in [5.41, 5.74) is 9.35. The van der Waals surface area contributed by atoms with Crippen LogP contribution in [-0.4, -0.2) is 24.0 Å². The first kappa shape index (κ1) is 16.9. The first-order valence-electron chi connectivity index (χ1n) is 9.42. The molecule has 2 aromatic carbocycles. The van der Waals surface area contributed by atoms with Gasteiger partial charge in [-0.3, -0.25) is 4.90 Å². The van der Waals surface area contributed by atoms with Gasteiger partial charge in [0.15, 0.2) is 0 Å². The van der Waals surface area contributed by atoms with Gasteiger partial charge in [-0.1, -0.05) is 54.1 Å². The van der Waals surface area contributed by atoms with Crippen LogP contribution in [0.1, 0.15) is 47.9 Å². The second-order valence-electron chi connectivity index (χ2n) is 7.75. The second kappa shape index (κ2) is 6.63. The minimum atomic E-state index is 0. The smallest absolute Gasteiger partial charge is 0.0133 e. The van der Waals surface area contributed by atoms with E-state index in [0.29, 0.717) is 0 Å². The molecule has 0 spiro atoms. The maximum Gasteiger partial charge on any atom is 0.0133 e. The lowest BCUT2D eigenvalue weighted by atomic mass is 9.84. The average molecular weight is 352 g/mol. The average Bonchev–Trinajstić information content (AvgIpc) is 2.81. The van der Waals surface area contributed by atoms with Crippen molar-refractivity contribution >= 4 is 18.0 Å². The van der Waals surface area contributed by atoms with Gasteiger partial charge in [0, 0.05) is 12.1 Å². The molecule has 0 N–H and O–H groups in total. The normalized spacial score (nSPS) is 25.0. The Hall–Kier alpha value is -1.57. The summed E-state index contributed by atoms with van der Waals surface area (Å²) >= 11 is 0. The number of hydrogen-bond acceptors (Lipinski definition) is 1. The third-order valence-corrected chi connectivity index (χ3v) is 6.54. The third kappa shape index (κ3) is 2.74. The number of halogens is 1. The third-order valence-electron chi connectivity index (χ3n) is 6.54. The quantitative estimate of drug-likeness (QED) is 0.625. The highest BCUT2D eigenvalue weighted by atomic mass is 35.5. The molecule has 2 atom stereocenters. The van der Waals surface area contributed by atoms with E-state index in [1.54, 1.807) is 11.1 Å². The lowest BCUT2D eigenvalue weighted by Crippen LogP contribution is -2.37. The molecular formula is C23H26ClN. The fourth-order valence-electron chi connectivity index (χ4n) is 5.20. The van der Waals surface area contributed by atoms with Crippen LogP contribution < -0.4 is 0 Å². The molecule has 130 valence electrons. The molecule has 0 aromatic heterocycles. The lowest BCUT2D eigenvalue weighted by Gasteiger charge is -2.34. The molecule has 0 saturated carbocycles. The molecule has 2 heteroatoms. The Labute approximate surface area is 157 Å². The van der Waals surface area contributed by atoms with E-state index in [4.69, 9.17) is 0 Å². The Balaban J connectivity index is 0.00000157. The van der Waals surface area contributed by atoms with Crippen molar-refractivity contribution in [1.29, 1.82) is 0 Å². The Kier molecular flexibility index (Phi) is 4.47. The Morgan fingerprint density at radius 3 is 1.76 bits per heavy atom. The van der Waals surface area contributed by atoms with Crippen LogP contribution in [0.25, 0.3) is 5.57 Å². The summed E-state index contributed by atoms with van der Waals surface area (Å²) in [5.74, 6) is 0. The number of hydrogen-bond donors (Lipinski definition) is 0. The van der Waals surface area contributed by atoms with Gasteiger partial charge in [0.25, 0.3) is 0 Å². The molecule has 2 saturated heterocycles. The van der Waals surface area contributed by atoms with Crippen molar-refractivity contribution in [2.75, 3.05) is 7.05 Å². The topological polar surface area (TPSA) is 3.24 Å². The maximum atomic E-state index is 2.64. The summed E-state index contributed by atoms with van der Waals surface area (Å²) in [5, 5.41) is 0. The zero-order valence-electron chi connectivity index (χ0n) is 14.9. The Morgan fingerprint density at radius 1 is 0.760 bits per heavy atom. The van der Waals surface area contributed by atoms with Gasteiger partial charge in [-0.25, -0.2) is 0 Å². The Bertz CT molecular complexity index is 757. The minimum absolute atomic E-state index is 0. The van der Waals surface area contributed by atoms with Crippen molar-refractivity contribution in [2.45, 2.75) is 50.6 Å². The lowest BCUT2D eigenvalue weighted by molar-refractivity contribution is 0.210. The van der Waals surface area contributed by atoms with E-state index in [9.17, 15) is 0 Å². The van der Waals surface area contributed by atoms with Gasteiger partial charge in [0.1, 0.15) is 0 Å². The summed E-state index contributed by atoms with van der Waals surface area (Å²) in [6, 6.07) is 19.8. The van der Waals surface area contributed by atoms with E-state index in [1.165, 1.54) is 47.9 Å². The second-order valence-corrected chi connectivity index (χ2v) is 7.75. The molecule has 0 radical (unpaired) electrons. The van der Waals surface area contributed by atoms with Crippen LogP contribution in [-0.2, 0) is 12.8 Å². The zero-order chi connectivity index (χ0) is 16.1. The zero-order valence-corrected chi connectivity index (χ0v) is 15.7. The highest BCUT2D eigenvalue weighted by Gasteiger charge is 2.37. The van der Waals surface area contributed by atoms with Crippen molar-refractivity contribution in [2.24, 2.45) is 0 Å². The fraction of sp³-hybridized carbons (Fsp3) is 0.391. The van der Waals surface area contributed by atoms with E-state index < -0.39 is 0 Å². The highest BCUT2D eigenvalue weighted by Crippen LogP contribution is 2.44. The van der Waals surface area contributed by atoms with Crippen LogP contribution in [0.2, 0.25) is 0 Å². The van der Waals surface area contributed by atoms with Crippen LogP contribution in [0.5, 0.6) is 0 Å². The van der Waals surface area contributed by atoms with E-state index in [1.807, 2.05) is 0 Å². The summed E-state index contributed by atoms with van der Waals surface area (Å²) in [6.07, 6.45) is 7.59. The van der Waals surface area contributed by atoms with Gasteiger partial charge in [-0.2, -0.15) is 0 Å². The number of piperidine rings is 1. The predicted octanol–water partition coefficient (Wildman–Crippen LogP) is 5.27. The van der Waals surface area contributed by atoms with Crippen LogP contribution >= 0.6 is 12.4 Å². The predicted molar refractivity (Wildman–Crippen MR) is 107 cm³/mol. The number of benzene rings is 2. The van der Waals surface area contributed by atoms with E-state index >= 15 is 0 Å². The van der Waals surface area contributed by atoms with Crippen LogP contribution in [0.4, 0.5) is 0 Å². The molecule has 2 aliphatic heterocycles. The first-order valence-corrected chi connectivity index (χ1v) is 9.42. The molecule has 2 bridgehead atoms. The molecule has 2 aromatic rings. The van der Waals surface area contributed by atoms with E-state index in [2.05, 4.69) is 60.5 Å². The van der Waals surface area contributed by atoms with Gasteiger partial charge in [0.2, 0.25) is 0 Å². The van der Waals surface area contributed by atoms with Crippen molar-refractivity contribution in [1.82, 2.24) is 4.90 Å². The van der Waals surface area contributed by atoms with Crippen LogP contribution in [0.3, 0.4) is 0 Å². The van der Waals surface area contributed by atoms with Gasteiger partial charge in [0.05, 0.1) is 0 Å². The summed E-state index contributed by atoms with van der Waals surface area (Å²) in [7, 11) is 2.33. The molecule has 2 heterocycles. The summed E-state index contributed by atoms with van der Waals surface area (Å²) in [6.45, 7) is 0. The number of aryl methyl sites for hydroxylation is 2. The maximum absolute atomic E-state index is 2.64. The van der Waals surface area contributed by atoms with Crippen molar-refractivity contribution in [3.8, 4) is 0 Å². The Morgan fingerprint density at radius 2 is 1.24 bits per heavy atom.